The van der Waals surface area contributed by atoms with Crippen LogP contribution < -0.4 is 16.0 Å². The molecule has 1 fully saturated rings. The van der Waals surface area contributed by atoms with E-state index in [9.17, 15) is 9.59 Å². The van der Waals surface area contributed by atoms with Crippen molar-refractivity contribution >= 4 is 40.2 Å². The number of carbonyl (C=O) groups is 2. The first-order valence-electron chi connectivity index (χ1n) is 6.69. The molecule has 7 heteroatoms. The van der Waals surface area contributed by atoms with E-state index in [1.165, 1.54) is 0 Å². The van der Waals surface area contributed by atoms with Crippen molar-refractivity contribution in [2.45, 2.75) is 18.9 Å². The van der Waals surface area contributed by atoms with Gasteiger partial charge in [-0.15, -0.1) is 12.4 Å². The van der Waals surface area contributed by atoms with Gasteiger partial charge in [-0.1, -0.05) is 22.0 Å². The minimum Gasteiger partial charge on any atom is -0.353 e. The number of nitrogens with one attached hydrogen (secondary N) is 3. The molecule has 1 aliphatic heterocycles. The van der Waals surface area contributed by atoms with Crippen molar-refractivity contribution in [3.05, 3.63) is 34.3 Å². The van der Waals surface area contributed by atoms with Crippen molar-refractivity contribution in [3.63, 3.8) is 0 Å². The van der Waals surface area contributed by atoms with Gasteiger partial charge in [0.25, 0.3) is 5.91 Å². The Morgan fingerprint density at radius 2 is 2.14 bits per heavy atom. The molecule has 1 heterocycles. The third-order valence-corrected chi connectivity index (χ3v) is 3.70. The zero-order chi connectivity index (χ0) is 14.4. The third kappa shape index (κ3) is 6.03. The zero-order valence-electron chi connectivity index (χ0n) is 11.5. The minimum absolute atomic E-state index is 0. The van der Waals surface area contributed by atoms with Gasteiger partial charge in [0.2, 0.25) is 5.91 Å². The minimum atomic E-state index is -0.250. The molecule has 1 aliphatic rings. The van der Waals surface area contributed by atoms with Crippen LogP contribution in [0.5, 0.6) is 0 Å². The van der Waals surface area contributed by atoms with Crippen molar-refractivity contribution in [1.82, 2.24) is 16.0 Å². The molecule has 0 radical (unpaired) electrons. The number of benzene rings is 1. The fourth-order valence-corrected chi connectivity index (χ4v) is 2.52. The predicted octanol–water partition coefficient (Wildman–Crippen LogP) is 1.47. The average Bonchev–Trinajstić information content (AvgIpc) is 2.95. The lowest BCUT2D eigenvalue weighted by Gasteiger charge is -2.11. The molecule has 3 N–H and O–H groups in total. The van der Waals surface area contributed by atoms with Crippen LogP contribution in [0.1, 0.15) is 23.2 Å². The highest BCUT2D eigenvalue weighted by atomic mass is 79.9. The molecule has 5 nitrogen and oxygen atoms in total. The average molecular weight is 377 g/mol. The van der Waals surface area contributed by atoms with E-state index in [2.05, 4.69) is 31.9 Å². The summed E-state index contributed by atoms with van der Waals surface area (Å²) in [5.41, 5.74) is 0.532. The smallest absolute Gasteiger partial charge is 0.251 e. The van der Waals surface area contributed by atoms with Crippen LogP contribution >= 0.6 is 28.3 Å². The summed E-state index contributed by atoms with van der Waals surface area (Å²) >= 11 is 3.31. The van der Waals surface area contributed by atoms with E-state index in [-0.39, 0.29) is 30.8 Å². The molecular weight excluding hydrogens is 358 g/mol. The van der Waals surface area contributed by atoms with Crippen LogP contribution in [0.25, 0.3) is 0 Å². The predicted molar refractivity (Wildman–Crippen MR) is 87.8 cm³/mol. The van der Waals surface area contributed by atoms with Gasteiger partial charge in [0.1, 0.15) is 0 Å². The van der Waals surface area contributed by atoms with E-state index < -0.39 is 0 Å². The highest BCUT2D eigenvalue weighted by Crippen LogP contribution is 2.11. The normalized spacial score (nSPS) is 16.9. The first-order chi connectivity index (χ1) is 9.65. The van der Waals surface area contributed by atoms with Crippen molar-refractivity contribution in [2.75, 3.05) is 19.6 Å². The topological polar surface area (TPSA) is 70.2 Å². The maximum absolute atomic E-state index is 11.8. The number of hydrogen-bond acceptors (Lipinski definition) is 3. The van der Waals surface area contributed by atoms with E-state index in [0.29, 0.717) is 18.2 Å². The molecule has 1 aromatic carbocycles. The van der Waals surface area contributed by atoms with Crippen LogP contribution in [0.4, 0.5) is 0 Å². The maximum Gasteiger partial charge on any atom is 0.251 e. The second kappa shape index (κ2) is 9.02. The summed E-state index contributed by atoms with van der Waals surface area (Å²) in [5.74, 6) is -0.414. The molecule has 2 amide bonds. The lowest BCUT2D eigenvalue weighted by atomic mass is 10.2. The largest absolute Gasteiger partial charge is 0.353 e. The number of halogens is 2. The number of hydrogen-bond donors (Lipinski definition) is 3. The molecule has 21 heavy (non-hydrogen) atoms. The SMILES string of the molecule is Cl.O=C(CNC(=O)c1cccc(Br)c1)NCC1CCCN1. The fraction of sp³-hybridized carbons (Fsp3) is 0.429. The monoisotopic (exact) mass is 375 g/mol. The van der Waals surface area contributed by atoms with Crippen molar-refractivity contribution in [3.8, 4) is 0 Å². The highest BCUT2D eigenvalue weighted by Gasteiger charge is 2.15. The van der Waals surface area contributed by atoms with Gasteiger partial charge in [0, 0.05) is 22.6 Å². The van der Waals surface area contributed by atoms with Gasteiger partial charge in [0.05, 0.1) is 6.54 Å². The molecule has 1 aromatic rings. The van der Waals surface area contributed by atoms with Crippen molar-refractivity contribution < 1.29 is 9.59 Å². The fourth-order valence-electron chi connectivity index (χ4n) is 2.12. The summed E-state index contributed by atoms with van der Waals surface area (Å²) in [6.45, 7) is 1.63. The lowest BCUT2D eigenvalue weighted by molar-refractivity contribution is -0.120. The Morgan fingerprint density at radius 3 is 2.81 bits per heavy atom. The van der Waals surface area contributed by atoms with Gasteiger partial charge in [-0.25, -0.2) is 0 Å². The molecule has 0 saturated carbocycles. The summed E-state index contributed by atoms with van der Waals surface area (Å²) < 4.78 is 0.835. The van der Waals surface area contributed by atoms with Gasteiger partial charge in [-0.05, 0) is 37.6 Å². The second-order valence-corrected chi connectivity index (χ2v) is 5.71. The van der Waals surface area contributed by atoms with Gasteiger partial charge < -0.3 is 16.0 Å². The molecule has 116 valence electrons. The molecule has 1 saturated heterocycles. The Balaban J connectivity index is 0.00000220. The molecule has 0 aliphatic carbocycles. The standard InChI is InChI=1S/C14H18BrN3O2.ClH/c15-11-4-1-3-10(7-11)14(20)18-9-13(19)17-8-12-5-2-6-16-12;/h1,3-4,7,12,16H,2,5-6,8-9H2,(H,17,19)(H,18,20);1H. The van der Waals surface area contributed by atoms with Gasteiger partial charge in [-0.3, -0.25) is 9.59 Å². The summed E-state index contributed by atoms with van der Waals surface area (Å²) in [4.78, 5) is 23.5. The van der Waals surface area contributed by atoms with Crippen LogP contribution in [-0.4, -0.2) is 37.5 Å². The van der Waals surface area contributed by atoms with Crippen LogP contribution in [0.2, 0.25) is 0 Å². The van der Waals surface area contributed by atoms with E-state index in [4.69, 9.17) is 0 Å². The second-order valence-electron chi connectivity index (χ2n) is 4.79. The van der Waals surface area contributed by atoms with Crippen LogP contribution in [-0.2, 0) is 4.79 Å². The van der Waals surface area contributed by atoms with Crippen LogP contribution in [0, 0.1) is 0 Å². The van der Waals surface area contributed by atoms with E-state index >= 15 is 0 Å². The quantitative estimate of drug-likeness (QED) is 0.729. The third-order valence-electron chi connectivity index (χ3n) is 3.20. The Bertz CT molecular complexity index is 493. The Hall–Kier alpha value is -1.11. The molecule has 0 aromatic heterocycles. The van der Waals surface area contributed by atoms with Gasteiger partial charge in [0.15, 0.2) is 0 Å². The summed E-state index contributed by atoms with van der Waals surface area (Å²) in [7, 11) is 0. The molecular formula is C14H19BrClN3O2. The molecule has 0 bridgehead atoms. The van der Waals surface area contributed by atoms with Crippen molar-refractivity contribution in [1.29, 1.82) is 0 Å². The van der Waals surface area contributed by atoms with E-state index in [0.717, 1.165) is 23.9 Å². The lowest BCUT2D eigenvalue weighted by Crippen LogP contribution is -2.42. The number of amides is 2. The summed E-state index contributed by atoms with van der Waals surface area (Å²) in [6, 6.07) is 7.42. The molecule has 1 unspecified atom stereocenters. The Kier molecular flexibility index (Phi) is 7.71. The first kappa shape index (κ1) is 17.9. The summed E-state index contributed by atoms with van der Waals surface area (Å²) in [6.07, 6.45) is 2.24. The molecule has 1 atom stereocenters. The number of rotatable bonds is 5. The van der Waals surface area contributed by atoms with E-state index in [1.807, 2.05) is 6.07 Å². The van der Waals surface area contributed by atoms with Crippen LogP contribution in [0.15, 0.2) is 28.7 Å². The molecule has 2 rings (SSSR count). The maximum atomic E-state index is 11.8. The van der Waals surface area contributed by atoms with Crippen molar-refractivity contribution in [2.24, 2.45) is 0 Å². The van der Waals surface area contributed by atoms with Gasteiger partial charge >= 0.3 is 0 Å². The molecule has 0 spiro atoms. The Morgan fingerprint density at radius 1 is 1.33 bits per heavy atom. The summed E-state index contributed by atoms with van der Waals surface area (Å²) in [5, 5.41) is 8.73. The highest BCUT2D eigenvalue weighted by molar-refractivity contribution is 9.10. The van der Waals surface area contributed by atoms with Gasteiger partial charge in [-0.2, -0.15) is 0 Å². The van der Waals surface area contributed by atoms with E-state index in [1.54, 1.807) is 18.2 Å². The zero-order valence-corrected chi connectivity index (χ0v) is 13.9. The first-order valence-corrected chi connectivity index (χ1v) is 7.48. The number of carbonyl (C=O) groups excluding carboxylic acids is 2. The Labute approximate surface area is 138 Å². The van der Waals surface area contributed by atoms with Crippen LogP contribution in [0.3, 0.4) is 0 Å².